The van der Waals surface area contributed by atoms with E-state index in [9.17, 15) is 4.79 Å². The third-order valence-electron chi connectivity index (χ3n) is 2.61. The van der Waals surface area contributed by atoms with Crippen LogP contribution in [-0.2, 0) is 0 Å². The molecule has 16 heavy (non-hydrogen) atoms. The number of hydrogen-bond acceptors (Lipinski definition) is 3. The standard InChI is InChI=1S/C12H14N2O2/c1-2-10(8-3-4-8)14-11-7-9(12(15)16)5-6-13-11/h2,5-8H,3-4H2,1H3,(H,13,14)(H,15,16). The van der Waals surface area contributed by atoms with Gasteiger partial charge in [-0.2, -0.15) is 0 Å². The second-order valence-electron chi connectivity index (χ2n) is 3.88. The Bertz CT molecular complexity index is 436. The lowest BCUT2D eigenvalue weighted by atomic mass is 10.2. The second kappa shape index (κ2) is 4.35. The van der Waals surface area contributed by atoms with E-state index < -0.39 is 5.97 Å². The summed E-state index contributed by atoms with van der Waals surface area (Å²) in [5.41, 5.74) is 1.39. The number of allylic oxidation sites excluding steroid dienone is 2. The minimum Gasteiger partial charge on any atom is -0.478 e. The van der Waals surface area contributed by atoms with Gasteiger partial charge >= 0.3 is 5.97 Å². The number of carbonyl (C=O) groups is 1. The smallest absolute Gasteiger partial charge is 0.335 e. The molecule has 1 aliphatic rings. The van der Waals surface area contributed by atoms with Crippen molar-refractivity contribution in [3.8, 4) is 0 Å². The van der Waals surface area contributed by atoms with Crippen molar-refractivity contribution in [1.82, 2.24) is 4.98 Å². The van der Waals surface area contributed by atoms with Gasteiger partial charge < -0.3 is 10.4 Å². The van der Waals surface area contributed by atoms with Crippen LogP contribution in [0, 0.1) is 5.92 Å². The number of carboxylic acids is 1. The van der Waals surface area contributed by atoms with Crippen LogP contribution in [0.3, 0.4) is 0 Å². The fourth-order valence-corrected chi connectivity index (χ4v) is 1.58. The van der Waals surface area contributed by atoms with Crippen molar-refractivity contribution in [2.45, 2.75) is 19.8 Å². The molecule has 1 aromatic heterocycles. The first-order valence-corrected chi connectivity index (χ1v) is 5.33. The highest BCUT2D eigenvalue weighted by Crippen LogP contribution is 2.36. The lowest BCUT2D eigenvalue weighted by Gasteiger charge is -2.08. The molecule has 1 aromatic rings. The van der Waals surface area contributed by atoms with E-state index in [1.807, 2.05) is 13.0 Å². The maximum atomic E-state index is 10.8. The van der Waals surface area contributed by atoms with E-state index in [1.54, 1.807) is 6.07 Å². The average Bonchev–Trinajstić information content (AvgIpc) is 3.10. The number of aromatic nitrogens is 1. The summed E-state index contributed by atoms with van der Waals surface area (Å²) in [7, 11) is 0. The molecule has 0 amide bonds. The fraction of sp³-hybridized carbons (Fsp3) is 0.333. The molecular weight excluding hydrogens is 204 g/mol. The Morgan fingerprint density at radius 2 is 2.38 bits per heavy atom. The summed E-state index contributed by atoms with van der Waals surface area (Å²) in [5, 5.41) is 12.0. The van der Waals surface area contributed by atoms with Crippen LogP contribution in [-0.4, -0.2) is 16.1 Å². The number of carboxylic acid groups (broad SMARTS) is 1. The maximum Gasteiger partial charge on any atom is 0.335 e. The summed E-state index contributed by atoms with van der Waals surface area (Å²) in [4.78, 5) is 14.9. The maximum absolute atomic E-state index is 10.8. The van der Waals surface area contributed by atoms with Crippen LogP contribution < -0.4 is 5.32 Å². The Morgan fingerprint density at radius 3 is 2.94 bits per heavy atom. The number of pyridine rings is 1. The van der Waals surface area contributed by atoms with Gasteiger partial charge in [-0.1, -0.05) is 6.08 Å². The number of nitrogens with one attached hydrogen (secondary N) is 1. The van der Waals surface area contributed by atoms with Gasteiger partial charge in [-0.3, -0.25) is 0 Å². The Hall–Kier alpha value is -1.84. The largest absolute Gasteiger partial charge is 0.478 e. The van der Waals surface area contributed by atoms with Crippen LogP contribution in [0.2, 0.25) is 0 Å². The van der Waals surface area contributed by atoms with E-state index in [4.69, 9.17) is 5.11 Å². The van der Waals surface area contributed by atoms with E-state index in [1.165, 1.54) is 25.1 Å². The molecule has 0 radical (unpaired) electrons. The molecule has 0 aromatic carbocycles. The molecule has 0 unspecified atom stereocenters. The number of hydrogen-bond donors (Lipinski definition) is 2. The first kappa shape index (κ1) is 10.7. The van der Waals surface area contributed by atoms with Gasteiger partial charge in [0.15, 0.2) is 0 Å². The molecule has 1 fully saturated rings. The Balaban J connectivity index is 2.14. The van der Waals surface area contributed by atoms with Crippen molar-refractivity contribution in [3.63, 3.8) is 0 Å². The van der Waals surface area contributed by atoms with Gasteiger partial charge in [0.1, 0.15) is 5.82 Å². The molecule has 4 nitrogen and oxygen atoms in total. The predicted molar refractivity (Wildman–Crippen MR) is 61.3 cm³/mol. The van der Waals surface area contributed by atoms with Crippen LogP contribution in [0.25, 0.3) is 0 Å². The summed E-state index contributed by atoms with van der Waals surface area (Å²) in [6, 6.07) is 3.04. The van der Waals surface area contributed by atoms with E-state index >= 15 is 0 Å². The van der Waals surface area contributed by atoms with E-state index in [-0.39, 0.29) is 5.56 Å². The number of anilines is 1. The normalized spacial score (nSPS) is 15.9. The molecule has 2 N–H and O–H groups in total. The van der Waals surface area contributed by atoms with Crippen LogP contribution in [0.15, 0.2) is 30.1 Å². The highest BCUT2D eigenvalue weighted by Gasteiger charge is 2.25. The summed E-state index contributed by atoms with van der Waals surface area (Å²) in [6.07, 6.45) is 5.93. The molecule has 0 saturated heterocycles. The third kappa shape index (κ3) is 2.39. The van der Waals surface area contributed by atoms with Crippen molar-refractivity contribution >= 4 is 11.8 Å². The van der Waals surface area contributed by atoms with Crippen molar-refractivity contribution < 1.29 is 9.90 Å². The predicted octanol–water partition coefficient (Wildman–Crippen LogP) is 2.51. The van der Waals surface area contributed by atoms with Gasteiger partial charge in [0.25, 0.3) is 0 Å². The number of nitrogens with zero attached hydrogens (tertiary/aromatic N) is 1. The Labute approximate surface area is 94.0 Å². The van der Waals surface area contributed by atoms with Crippen LogP contribution in [0.5, 0.6) is 0 Å². The first-order valence-electron chi connectivity index (χ1n) is 5.33. The molecule has 0 atom stereocenters. The lowest BCUT2D eigenvalue weighted by molar-refractivity contribution is 0.0697. The molecule has 4 heteroatoms. The highest BCUT2D eigenvalue weighted by atomic mass is 16.4. The van der Waals surface area contributed by atoms with Gasteiger partial charge in [-0.05, 0) is 37.8 Å². The zero-order valence-corrected chi connectivity index (χ0v) is 9.10. The van der Waals surface area contributed by atoms with Crippen LogP contribution in [0.4, 0.5) is 5.82 Å². The van der Waals surface area contributed by atoms with Gasteiger partial charge in [0.2, 0.25) is 0 Å². The topological polar surface area (TPSA) is 62.2 Å². The molecule has 1 saturated carbocycles. The second-order valence-corrected chi connectivity index (χ2v) is 3.88. The Morgan fingerprint density at radius 1 is 1.62 bits per heavy atom. The SMILES string of the molecule is CC=C(Nc1cc(C(=O)O)ccn1)C1CC1. The van der Waals surface area contributed by atoms with Crippen LogP contribution in [0.1, 0.15) is 30.1 Å². The quantitative estimate of drug-likeness (QED) is 0.815. The van der Waals surface area contributed by atoms with Crippen molar-refractivity contribution in [1.29, 1.82) is 0 Å². The molecule has 1 heterocycles. The summed E-state index contributed by atoms with van der Waals surface area (Å²) in [5.74, 6) is 0.263. The van der Waals surface area contributed by atoms with Crippen molar-refractivity contribution in [2.24, 2.45) is 5.92 Å². The monoisotopic (exact) mass is 218 g/mol. The van der Waals surface area contributed by atoms with Gasteiger partial charge in [-0.15, -0.1) is 0 Å². The zero-order valence-electron chi connectivity index (χ0n) is 9.10. The summed E-state index contributed by atoms with van der Waals surface area (Å²) >= 11 is 0. The van der Waals surface area contributed by atoms with Gasteiger partial charge in [0, 0.05) is 11.9 Å². The molecule has 0 bridgehead atoms. The minimum absolute atomic E-state index is 0.253. The number of rotatable bonds is 4. The average molecular weight is 218 g/mol. The van der Waals surface area contributed by atoms with Gasteiger partial charge in [0.05, 0.1) is 5.56 Å². The highest BCUT2D eigenvalue weighted by molar-refractivity contribution is 5.88. The van der Waals surface area contributed by atoms with Crippen molar-refractivity contribution in [3.05, 3.63) is 35.7 Å². The minimum atomic E-state index is -0.932. The molecule has 1 aliphatic carbocycles. The van der Waals surface area contributed by atoms with Crippen LogP contribution >= 0.6 is 0 Å². The van der Waals surface area contributed by atoms with E-state index in [2.05, 4.69) is 10.3 Å². The summed E-state index contributed by atoms with van der Waals surface area (Å²) < 4.78 is 0. The van der Waals surface area contributed by atoms with Gasteiger partial charge in [-0.25, -0.2) is 9.78 Å². The van der Waals surface area contributed by atoms with E-state index in [0.717, 1.165) is 5.70 Å². The van der Waals surface area contributed by atoms with E-state index in [0.29, 0.717) is 11.7 Å². The molecule has 0 aliphatic heterocycles. The molecule has 0 spiro atoms. The molecule has 2 rings (SSSR count). The number of aromatic carboxylic acids is 1. The first-order chi connectivity index (χ1) is 7.70. The molecular formula is C12H14N2O2. The Kier molecular flexibility index (Phi) is 2.90. The van der Waals surface area contributed by atoms with Crippen molar-refractivity contribution in [2.75, 3.05) is 5.32 Å². The third-order valence-corrected chi connectivity index (χ3v) is 2.61. The lowest BCUT2D eigenvalue weighted by Crippen LogP contribution is -2.05. The molecule has 84 valence electrons. The summed E-state index contributed by atoms with van der Waals surface area (Å²) in [6.45, 7) is 1.97. The fourth-order valence-electron chi connectivity index (χ4n) is 1.58. The zero-order chi connectivity index (χ0) is 11.5.